The summed E-state index contributed by atoms with van der Waals surface area (Å²) in [5.74, 6) is -1.56. The summed E-state index contributed by atoms with van der Waals surface area (Å²) < 4.78 is 4.88. The van der Waals surface area contributed by atoms with Crippen LogP contribution in [-0.4, -0.2) is 24.9 Å². The lowest BCUT2D eigenvalue weighted by molar-refractivity contribution is -0.255. The van der Waals surface area contributed by atoms with Crippen LogP contribution in [0.2, 0.25) is 0 Å². The number of carboxylic acids is 1. The minimum Gasteiger partial charge on any atom is -0.545 e. The summed E-state index contributed by atoms with van der Waals surface area (Å²) in [6, 6.07) is 4.55. The summed E-state index contributed by atoms with van der Waals surface area (Å²) in [6.45, 7) is 0.204. The van der Waals surface area contributed by atoms with E-state index in [1.54, 1.807) is 6.07 Å². The second-order valence-electron chi connectivity index (χ2n) is 3.23. The van der Waals surface area contributed by atoms with Gasteiger partial charge < -0.3 is 20.0 Å². The molecule has 0 saturated heterocycles. The molecule has 1 aromatic carbocycles. The number of ether oxygens (including phenoxy) is 1. The predicted octanol–water partition coefficient (Wildman–Crippen LogP) is -0.0863. The van der Waals surface area contributed by atoms with E-state index in [-0.39, 0.29) is 29.6 Å². The molecule has 0 bridgehead atoms. The van der Waals surface area contributed by atoms with E-state index < -0.39 is 5.97 Å². The van der Waals surface area contributed by atoms with Crippen LogP contribution in [0.1, 0.15) is 15.9 Å². The average Bonchev–Trinajstić information content (AvgIpc) is 2.35. The van der Waals surface area contributed by atoms with Crippen molar-refractivity contribution in [2.75, 3.05) is 13.0 Å². The number of carboxylic acid groups (broad SMARTS) is 1. The molecule has 0 saturated carbocycles. The number of carbonyl (C=O) groups is 2. The van der Waals surface area contributed by atoms with Crippen molar-refractivity contribution in [3.63, 3.8) is 0 Å². The predicted molar refractivity (Wildman–Crippen MR) is 59.9 cm³/mol. The Morgan fingerprint density at radius 3 is 2.71 bits per heavy atom. The van der Waals surface area contributed by atoms with Crippen LogP contribution in [0.3, 0.4) is 0 Å². The third kappa shape index (κ3) is 3.64. The highest BCUT2D eigenvalue weighted by Crippen LogP contribution is 2.19. The zero-order valence-electron chi connectivity index (χ0n) is 9.16. The van der Waals surface area contributed by atoms with Gasteiger partial charge in [0, 0.05) is 12.1 Å². The molecule has 0 unspecified atom stereocenters. The maximum Gasteiger partial charge on any atom is 0.235 e. The summed E-state index contributed by atoms with van der Waals surface area (Å²) in [5.41, 5.74) is 0.577. The first-order valence-corrected chi connectivity index (χ1v) is 5.33. The standard InChI is InChI=1S/C11H12ClNO4/c1-17-9-3-2-7(4-8(9)11(15)16)6-13-10(14)5-12/h2-4H,5-6H2,1H3,(H,13,14)(H,15,16)/p-1. The molecule has 0 aliphatic carbocycles. The van der Waals surface area contributed by atoms with Crippen LogP contribution in [0.15, 0.2) is 18.2 Å². The first-order chi connectivity index (χ1) is 8.08. The van der Waals surface area contributed by atoms with Gasteiger partial charge in [-0.05, 0) is 17.7 Å². The van der Waals surface area contributed by atoms with Gasteiger partial charge in [0.1, 0.15) is 11.6 Å². The summed E-state index contributed by atoms with van der Waals surface area (Å²) in [7, 11) is 1.37. The lowest BCUT2D eigenvalue weighted by atomic mass is 10.1. The van der Waals surface area contributed by atoms with Crippen molar-refractivity contribution >= 4 is 23.5 Å². The third-order valence-corrected chi connectivity index (χ3v) is 2.34. The SMILES string of the molecule is COc1ccc(CNC(=O)CCl)cc1C(=O)[O-]. The van der Waals surface area contributed by atoms with E-state index >= 15 is 0 Å². The number of hydrogen-bond donors (Lipinski definition) is 1. The van der Waals surface area contributed by atoms with Crippen molar-refractivity contribution in [2.45, 2.75) is 6.54 Å². The number of nitrogens with one attached hydrogen (secondary N) is 1. The summed E-state index contributed by atoms with van der Waals surface area (Å²) in [5, 5.41) is 13.4. The van der Waals surface area contributed by atoms with Gasteiger partial charge in [-0.15, -0.1) is 11.6 Å². The number of methoxy groups -OCH3 is 1. The first kappa shape index (κ1) is 13.3. The Morgan fingerprint density at radius 2 is 2.18 bits per heavy atom. The number of carbonyl (C=O) groups excluding carboxylic acids is 2. The average molecular weight is 257 g/mol. The molecular weight excluding hydrogens is 246 g/mol. The number of amides is 1. The maximum atomic E-state index is 10.9. The van der Waals surface area contributed by atoms with Gasteiger partial charge in [-0.25, -0.2) is 0 Å². The fourth-order valence-electron chi connectivity index (χ4n) is 1.27. The van der Waals surface area contributed by atoms with E-state index in [0.717, 1.165) is 0 Å². The number of benzene rings is 1. The minimum atomic E-state index is -1.33. The first-order valence-electron chi connectivity index (χ1n) is 4.79. The Bertz CT molecular complexity index is 433. The van der Waals surface area contributed by atoms with E-state index in [0.29, 0.717) is 5.56 Å². The zero-order chi connectivity index (χ0) is 12.8. The molecule has 0 fully saturated rings. The van der Waals surface area contributed by atoms with Gasteiger partial charge in [-0.2, -0.15) is 0 Å². The van der Waals surface area contributed by atoms with Crippen LogP contribution < -0.4 is 15.2 Å². The molecule has 1 aromatic rings. The highest BCUT2D eigenvalue weighted by molar-refractivity contribution is 6.27. The van der Waals surface area contributed by atoms with E-state index in [1.165, 1.54) is 19.2 Å². The number of aromatic carboxylic acids is 1. The molecular formula is C11H11ClNO4-. The Kier molecular flexibility index (Phi) is 4.78. The topological polar surface area (TPSA) is 78.5 Å². The number of rotatable bonds is 5. The van der Waals surface area contributed by atoms with Crippen LogP contribution in [0.5, 0.6) is 5.75 Å². The van der Waals surface area contributed by atoms with Gasteiger partial charge in [0.2, 0.25) is 5.91 Å². The summed E-state index contributed by atoms with van der Waals surface area (Å²) in [4.78, 5) is 21.8. The smallest absolute Gasteiger partial charge is 0.235 e. The normalized spacial score (nSPS) is 9.76. The fraction of sp³-hybridized carbons (Fsp3) is 0.273. The minimum absolute atomic E-state index is 0.0508. The van der Waals surface area contributed by atoms with Crippen LogP contribution >= 0.6 is 11.6 Å². The molecule has 6 heteroatoms. The van der Waals surface area contributed by atoms with E-state index in [4.69, 9.17) is 16.3 Å². The van der Waals surface area contributed by atoms with E-state index in [1.807, 2.05) is 0 Å². The number of halogens is 1. The third-order valence-electron chi connectivity index (χ3n) is 2.09. The van der Waals surface area contributed by atoms with Gasteiger partial charge >= 0.3 is 0 Å². The van der Waals surface area contributed by atoms with E-state index in [9.17, 15) is 14.7 Å². The van der Waals surface area contributed by atoms with Crippen molar-refractivity contribution in [1.29, 1.82) is 0 Å². The second-order valence-corrected chi connectivity index (χ2v) is 3.50. The molecule has 0 aromatic heterocycles. The molecule has 0 aliphatic heterocycles. The molecule has 0 atom stereocenters. The molecule has 0 radical (unpaired) electrons. The highest BCUT2D eigenvalue weighted by atomic mass is 35.5. The Balaban J connectivity index is 2.85. The number of alkyl halides is 1. The second kappa shape index (κ2) is 6.10. The van der Waals surface area contributed by atoms with Crippen LogP contribution in [0.25, 0.3) is 0 Å². The van der Waals surface area contributed by atoms with Gasteiger partial charge in [-0.3, -0.25) is 4.79 Å². The summed E-state index contributed by atoms with van der Waals surface area (Å²) in [6.07, 6.45) is 0. The van der Waals surface area contributed by atoms with Crippen molar-refractivity contribution in [1.82, 2.24) is 5.32 Å². The van der Waals surface area contributed by atoms with Crippen LogP contribution in [-0.2, 0) is 11.3 Å². The van der Waals surface area contributed by atoms with Crippen molar-refractivity contribution in [3.05, 3.63) is 29.3 Å². The number of hydrogen-bond acceptors (Lipinski definition) is 4. The maximum absolute atomic E-state index is 10.9. The quantitative estimate of drug-likeness (QED) is 0.747. The van der Waals surface area contributed by atoms with Gasteiger partial charge in [-0.1, -0.05) is 6.07 Å². The molecule has 0 aliphatic rings. The lowest BCUT2D eigenvalue weighted by Gasteiger charge is -2.11. The van der Waals surface area contributed by atoms with Gasteiger partial charge in [0.15, 0.2) is 0 Å². The largest absolute Gasteiger partial charge is 0.545 e. The molecule has 92 valence electrons. The Hall–Kier alpha value is -1.75. The van der Waals surface area contributed by atoms with E-state index in [2.05, 4.69) is 5.32 Å². The summed E-state index contributed by atoms with van der Waals surface area (Å²) >= 11 is 5.31. The lowest BCUT2D eigenvalue weighted by Crippen LogP contribution is -2.25. The van der Waals surface area contributed by atoms with Crippen molar-refractivity contribution in [2.24, 2.45) is 0 Å². The molecule has 0 spiro atoms. The fourth-order valence-corrected chi connectivity index (χ4v) is 1.37. The molecule has 17 heavy (non-hydrogen) atoms. The molecule has 0 heterocycles. The van der Waals surface area contributed by atoms with Crippen LogP contribution in [0, 0.1) is 0 Å². The van der Waals surface area contributed by atoms with Gasteiger partial charge in [0.05, 0.1) is 13.1 Å². The molecule has 5 nitrogen and oxygen atoms in total. The monoisotopic (exact) mass is 256 g/mol. The van der Waals surface area contributed by atoms with Crippen molar-refractivity contribution in [3.8, 4) is 5.75 Å². The molecule has 1 amide bonds. The highest BCUT2D eigenvalue weighted by Gasteiger charge is 2.06. The Morgan fingerprint density at radius 1 is 1.47 bits per heavy atom. The molecule has 1 N–H and O–H groups in total. The van der Waals surface area contributed by atoms with Gasteiger partial charge in [0.25, 0.3) is 0 Å². The molecule has 1 rings (SSSR count). The Labute approximate surface area is 103 Å². The van der Waals surface area contributed by atoms with Crippen LogP contribution in [0.4, 0.5) is 0 Å². The van der Waals surface area contributed by atoms with Crippen molar-refractivity contribution < 1.29 is 19.4 Å². The zero-order valence-corrected chi connectivity index (χ0v) is 9.91.